The highest BCUT2D eigenvalue weighted by Crippen LogP contribution is 2.57. The molecule has 52 heavy (non-hydrogen) atoms. The molecule has 0 saturated heterocycles. The maximum Gasteiger partial charge on any atom is 0.0408 e. The van der Waals surface area contributed by atoms with Gasteiger partial charge in [0, 0.05) is 25.6 Å². The third-order valence-corrected chi connectivity index (χ3v) is 11.8. The molecule has 0 unspecified atom stereocenters. The summed E-state index contributed by atoms with van der Waals surface area (Å²) in [6.07, 6.45) is 16.1. The van der Waals surface area contributed by atoms with Gasteiger partial charge in [-0.15, -0.1) is 11.3 Å². The molecular weight excluding hydrogens is 645 g/mol. The van der Waals surface area contributed by atoms with Crippen molar-refractivity contribution < 1.29 is 0 Å². The van der Waals surface area contributed by atoms with Crippen LogP contribution in [0.15, 0.2) is 176 Å². The van der Waals surface area contributed by atoms with Crippen molar-refractivity contribution in [2.24, 2.45) is 0 Å². The van der Waals surface area contributed by atoms with E-state index in [1.54, 1.807) is 6.08 Å². The van der Waals surface area contributed by atoms with E-state index in [4.69, 9.17) is 0 Å². The zero-order chi connectivity index (χ0) is 36.4. The van der Waals surface area contributed by atoms with E-state index in [9.17, 15) is 0 Å². The van der Waals surface area contributed by atoms with E-state index in [1.807, 2.05) is 23.5 Å². The number of allylic oxidation sites excluding steroid dienone is 12. The fourth-order valence-corrected chi connectivity index (χ4v) is 9.59. The van der Waals surface area contributed by atoms with Gasteiger partial charge in [-0.2, -0.15) is 0 Å². The lowest BCUT2D eigenvalue weighted by atomic mass is 9.81. The Balaban J connectivity index is 1.38. The molecule has 1 heteroatoms. The van der Waals surface area contributed by atoms with Crippen molar-refractivity contribution in [3.8, 4) is 0 Å². The summed E-state index contributed by atoms with van der Waals surface area (Å²) in [5.74, 6) is 0. The molecule has 0 amide bonds. The van der Waals surface area contributed by atoms with Gasteiger partial charge in [0.15, 0.2) is 0 Å². The molecule has 0 aliphatic heterocycles. The lowest BCUT2D eigenvalue weighted by Gasteiger charge is -2.23. The smallest absolute Gasteiger partial charge is 0.0408 e. The first-order valence-corrected chi connectivity index (χ1v) is 19.0. The standard InChI is InChI=1S/C51H46S/c1-8-11-22-34(4)37-23-14-12-13-15-24-38(40-26-17-16-25-39(37)40)35(5)33-36(9-2)31-32-43-45(10-3)51(6,7)49-47(43)41-27-18-19-28-42(41)48-44-29-20-21-30-46(44)52-50(48)49/h8-30,32-33H,1,4,31H2,2-3,5-7H3/b13-12?,14-12?,15-13?,22-11-,23-14?,24-15?,35-33+,36-9-,37-23?,38-24?,39-37?,40-38?,43-32?,45-10+. The molecule has 0 atom stereocenters. The van der Waals surface area contributed by atoms with Gasteiger partial charge in [0.1, 0.15) is 0 Å². The molecular formula is C51H46S. The summed E-state index contributed by atoms with van der Waals surface area (Å²) in [6, 6.07) is 39.4. The van der Waals surface area contributed by atoms with Crippen LogP contribution in [-0.4, -0.2) is 0 Å². The molecule has 1 aliphatic carbocycles. The fourth-order valence-electron chi connectivity index (χ4n) is 8.16. The summed E-state index contributed by atoms with van der Waals surface area (Å²) in [7, 11) is 0. The topological polar surface area (TPSA) is 0 Å². The Morgan fingerprint density at radius 2 is 1.33 bits per heavy atom. The molecule has 0 N–H and O–H groups in total. The van der Waals surface area contributed by atoms with Crippen LogP contribution in [0.1, 0.15) is 63.3 Å². The normalized spacial score (nSPS) is 16.0. The minimum atomic E-state index is -0.123. The molecule has 256 valence electrons. The van der Waals surface area contributed by atoms with E-state index in [-0.39, 0.29) is 5.41 Å². The highest BCUT2D eigenvalue weighted by atomic mass is 32.1. The molecule has 5 aromatic carbocycles. The highest BCUT2D eigenvalue weighted by molar-refractivity contribution is 7.26. The van der Waals surface area contributed by atoms with E-state index >= 15 is 0 Å². The summed E-state index contributed by atoms with van der Waals surface area (Å²) in [4.78, 5) is 0. The Morgan fingerprint density at radius 1 is 0.731 bits per heavy atom. The summed E-state index contributed by atoms with van der Waals surface area (Å²) in [5.41, 5.74) is 11.2. The Bertz CT molecular complexity index is 2620. The van der Waals surface area contributed by atoms with Crippen LogP contribution in [0, 0.1) is 0 Å². The summed E-state index contributed by atoms with van der Waals surface area (Å²) < 4.78 is 2.77. The maximum absolute atomic E-state index is 4.41. The monoisotopic (exact) mass is 690 g/mol. The second-order valence-electron chi connectivity index (χ2n) is 14.0. The van der Waals surface area contributed by atoms with E-state index in [0.29, 0.717) is 0 Å². The minimum Gasteiger partial charge on any atom is -0.135 e. The largest absolute Gasteiger partial charge is 0.135 e. The third kappa shape index (κ3) is 6.10. The average Bonchev–Trinajstić information content (AvgIpc) is 3.65. The van der Waals surface area contributed by atoms with Gasteiger partial charge < -0.3 is 0 Å². The van der Waals surface area contributed by atoms with Crippen molar-refractivity contribution in [1.82, 2.24) is 0 Å². The predicted molar refractivity (Wildman–Crippen MR) is 234 cm³/mol. The Labute approximate surface area is 313 Å². The molecule has 0 nitrogen and oxygen atoms in total. The number of thiophene rings is 1. The molecule has 0 radical (unpaired) electrons. The minimum absolute atomic E-state index is 0.123. The van der Waals surface area contributed by atoms with Crippen LogP contribution in [0.25, 0.3) is 58.4 Å². The van der Waals surface area contributed by atoms with Crippen LogP contribution in [0.2, 0.25) is 0 Å². The van der Waals surface area contributed by atoms with Gasteiger partial charge in [-0.25, -0.2) is 0 Å². The molecule has 1 aromatic heterocycles. The summed E-state index contributed by atoms with van der Waals surface area (Å²) in [6.45, 7) is 19.7. The van der Waals surface area contributed by atoms with Gasteiger partial charge in [0.2, 0.25) is 0 Å². The molecule has 6 aromatic rings. The van der Waals surface area contributed by atoms with Crippen molar-refractivity contribution >= 4 is 69.8 Å². The first kappa shape index (κ1) is 34.9. The van der Waals surface area contributed by atoms with Gasteiger partial charge in [-0.1, -0.05) is 173 Å². The number of rotatable bonds is 7. The first-order chi connectivity index (χ1) is 25.3. The van der Waals surface area contributed by atoms with Crippen LogP contribution < -0.4 is 0 Å². The van der Waals surface area contributed by atoms with Crippen molar-refractivity contribution in [1.29, 1.82) is 0 Å². The lowest BCUT2D eigenvalue weighted by Crippen LogP contribution is -2.15. The third-order valence-electron chi connectivity index (χ3n) is 10.6. The van der Waals surface area contributed by atoms with Crippen LogP contribution in [0.5, 0.6) is 0 Å². The Kier molecular flexibility index (Phi) is 9.82. The molecule has 0 spiro atoms. The first-order valence-electron chi connectivity index (χ1n) is 18.2. The van der Waals surface area contributed by atoms with Gasteiger partial charge in [0.05, 0.1) is 0 Å². The van der Waals surface area contributed by atoms with Crippen LogP contribution >= 0.6 is 11.3 Å². The number of hydrogen-bond donors (Lipinski definition) is 0. The summed E-state index contributed by atoms with van der Waals surface area (Å²) >= 11 is 1.95. The fraction of sp³-hybridized carbons (Fsp3) is 0.137. The second-order valence-corrected chi connectivity index (χ2v) is 15.1. The van der Waals surface area contributed by atoms with Gasteiger partial charge in [-0.05, 0) is 105 Å². The lowest BCUT2D eigenvalue weighted by molar-refractivity contribution is 0.667. The molecule has 0 saturated carbocycles. The number of benzene rings is 4. The second kappa shape index (κ2) is 14.6. The van der Waals surface area contributed by atoms with Crippen LogP contribution in [0.4, 0.5) is 0 Å². The van der Waals surface area contributed by atoms with E-state index in [2.05, 4.69) is 181 Å². The van der Waals surface area contributed by atoms with Crippen LogP contribution in [-0.2, 0) is 5.41 Å². The highest BCUT2D eigenvalue weighted by Gasteiger charge is 2.41. The zero-order valence-electron chi connectivity index (χ0n) is 31.0. The van der Waals surface area contributed by atoms with Gasteiger partial charge in [-0.3, -0.25) is 0 Å². The average molecular weight is 691 g/mol. The SMILES string of the molecule is C=C/C=C\C(=C)c1ccccccc(/C(C)=C/C(=C\C)CC=C2/C(=C\C)C(C)(C)c3c2c2ccccc2c2c3sc3ccccc32)c2ccccc12. The Morgan fingerprint density at radius 3 is 2.00 bits per heavy atom. The molecule has 0 bridgehead atoms. The van der Waals surface area contributed by atoms with Gasteiger partial charge >= 0.3 is 0 Å². The van der Waals surface area contributed by atoms with E-state index < -0.39 is 0 Å². The summed E-state index contributed by atoms with van der Waals surface area (Å²) in [5, 5.41) is 7.79. The predicted octanol–water partition coefficient (Wildman–Crippen LogP) is 15.3. The Hall–Kier alpha value is -5.50. The molecule has 7 rings (SSSR count). The van der Waals surface area contributed by atoms with E-state index in [0.717, 1.165) is 22.9 Å². The van der Waals surface area contributed by atoms with Crippen molar-refractivity contribution in [2.75, 3.05) is 0 Å². The van der Waals surface area contributed by atoms with Gasteiger partial charge in [0.25, 0.3) is 0 Å². The molecule has 1 heterocycles. The van der Waals surface area contributed by atoms with Crippen molar-refractivity contribution in [2.45, 2.75) is 46.5 Å². The van der Waals surface area contributed by atoms with Crippen molar-refractivity contribution in [3.63, 3.8) is 0 Å². The maximum atomic E-state index is 4.41. The zero-order valence-corrected chi connectivity index (χ0v) is 31.8. The number of hydrogen-bond acceptors (Lipinski definition) is 1. The van der Waals surface area contributed by atoms with E-state index in [1.165, 1.54) is 75.3 Å². The molecule has 1 aliphatic rings. The quantitative estimate of drug-likeness (QED) is 0.146. The molecule has 0 fully saturated rings. The van der Waals surface area contributed by atoms with Crippen molar-refractivity contribution in [3.05, 3.63) is 198 Å². The van der Waals surface area contributed by atoms with Crippen LogP contribution in [0.3, 0.4) is 0 Å². The number of fused-ring (bicyclic) bond motifs is 9.